The number of aryl methyl sites for hydroxylation is 1. The lowest BCUT2D eigenvalue weighted by Crippen LogP contribution is -2.29. The van der Waals surface area contributed by atoms with Crippen LogP contribution in [0.5, 0.6) is 0 Å². The second-order valence-electron chi connectivity index (χ2n) is 4.32. The number of hydrogen-bond acceptors (Lipinski definition) is 3. The molecule has 0 aliphatic rings. The molecule has 1 rings (SSSR count). The summed E-state index contributed by atoms with van der Waals surface area (Å²) in [6, 6.07) is 0.521. The van der Waals surface area contributed by atoms with Crippen LogP contribution in [-0.4, -0.2) is 28.1 Å². The fraction of sp³-hybridized carbons (Fsp3) is 0.417. The standard InChI is InChI=1S/C12H12ClF3N2O4/c13-8-5-7(12(14,15)16)6-18(11(8)22)4-2-9(19)17-3-1-10(20)21/h5-6H,1-4H2,(H,17,19)(H,20,21). The largest absolute Gasteiger partial charge is 0.481 e. The summed E-state index contributed by atoms with van der Waals surface area (Å²) in [6.45, 7) is -0.409. The molecular formula is C12H12ClF3N2O4. The number of alkyl halides is 3. The maximum Gasteiger partial charge on any atom is 0.417 e. The van der Waals surface area contributed by atoms with Crippen LogP contribution in [0.15, 0.2) is 17.1 Å². The van der Waals surface area contributed by atoms with Gasteiger partial charge in [-0.15, -0.1) is 0 Å². The van der Waals surface area contributed by atoms with Gasteiger partial charge in [-0.1, -0.05) is 11.6 Å². The minimum absolute atomic E-state index is 0.105. The first-order valence-corrected chi connectivity index (χ1v) is 6.44. The minimum Gasteiger partial charge on any atom is -0.481 e. The average molecular weight is 341 g/mol. The molecule has 0 fully saturated rings. The van der Waals surface area contributed by atoms with Crippen LogP contribution in [0.2, 0.25) is 5.02 Å². The van der Waals surface area contributed by atoms with Crippen molar-refractivity contribution in [3.05, 3.63) is 33.2 Å². The number of halogens is 4. The minimum atomic E-state index is -4.66. The lowest BCUT2D eigenvalue weighted by atomic mass is 10.2. The summed E-state index contributed by atoms with van der Waals surface area (Å²) in [7, 11) is 0. The Bertz CT molecular complexity index is 628. The van der Waals surface area contributed by atoms with Crippen molar-refractivity contribution in [3.8, 4) is 0 Å². The Morgan fingerprint density at radius 1 is 1.32 bits per heavy atom. The summed E-state index contributed by atoms with van der Waals surface area (Å²) in [5.41, 5.74) is -1.93. The van der Waals surface area contributed by atoms with Crippen molar-refractivity contribution in [1.82, 2.24) is 9.88 Å². The van der Waals surface area contributed by atoms with Crippen molar-refractivity contribution in [2.24, 2.45) is 0 Å². The Labute approximate surface area is 127 Å². The van der Waals surface area contributed by atoms with Gasteiger partial charge in [0, 0.05) is 25.7 Å². The van der Waals surface area contributed by atoms with Gasteiger partial charge in [-0.3, -0.25) is 14.4 Å². The third-order valence-electron chi connectivity index (χ3n) is 2.61. The molecule has 0 aliphatic heterocycles. The monoisotopic (exact) mass is 340 g/mol. The smallest absolute Gasteiger partial charge is 0.417 e. The van der Waals surface area contributed by atoms with E-state index >= 15 is 0 Å². The average Bonchev–Trinajstić information content (AvgIpc) is 2.38. The van der Waals surface area contributed by atoms with E-state index in [0.29, 0.717) is 16.8 Å². The molecule has 0 saturated heterocycles. The summed E-state index contributed by atoms with van der Waals surface area (Å²) in [6.07, 6.45) is -4.64. The number of carboxylic acid groups (broad SMARTS) is 1. The second kappa shape index (κ2) is 7.30. The lowest BCUT2D eigenvalue weighted by Gasteiger charge is -2.11. The Morgan fingerprint density at radius 3 is 2.50 bits per heavy atom. The van der Waals surface area contributed by atoms with E-state index in [0.717, 1.165) is 0 Å². The van der Waals surface area contributed by atoms with Crippen LogP contribution in [0.4, 0.5) is 13.2 Å². The van der Waals surface area contributed by atoms with E-state index in [-0.39, 0.29) is 25.9 Å². The molecule has 1 aromatic rings. The third-order valence-corrected chi connectivity index (χ3v) is 2.88. The summed E-state index contributed by atoms with van der Waals surface area (Å²) in [5.74, 6) is -1.68. The van der Waals surface area contributed by atoms with Gasteiger partial charge in [-0.05, 0) is 6.07 Å². The molecule has 0 unspecified atom stereocenters. The third kappa shape index (κ3) is 5.40. The van der Waals surface area contributed by atoms with E-state index in [1.807, 2.05) is 0 Å². The molecule has 0 atom stereocenters. The molecule has 2 N–H and O–H groups in total. The molecule has 10 heteroatoms. The molecule has 122 valence electrons. The highest BCUT2D eigenvalue weighted by Crippen LogP contribution is 2.29. The molecule has 0 radical (unpaired) electrons. The number of hydrogen-bond donors (Lipinski definition) is 2. The van der Waals surface area contributed by atoms with E-state index in [9.17, 15) is 27.6 Å². The van der Waals surface area contributed by atoms with Crippen molar-refractivity contribution in [2.45, 2.75) is 25.6 Å². The molecule has 22 heavy (non-hydrogen) atoms. The van der Waals surface area contributed by atoms with E-state index in [1.165, 1.54) is 0 Å². The fourth-order valence-corrected chi connectivity index (χ4v) is 1.77. The molecule has 1 amide bonds. The topological polar surface area (TPSA) is 88.4 Å². The Morgan fingerprint density at radius 2 is 1.95 bits per heavy atom. The number of amides is 1. The first kappa shape index (κ1) is 18.0. The predicted molar refractivity (Wildman–Crippen MR) is 70.6 cm³/mol. The predicted octanol–water partition coefficient (Wildman–Crippen LogP) is 1.50. The number of rotatable bonds is 6. The molecule has 1 aromatic heterocycles. The highest BCUT2D eigenvalue weighted by molar-refractivity contribution is 6.30. The lowest BCUT2D eigenvalue weighted by molar-refractivity contribution is -0.138. The van der Waals surface area contributed by atoms with Crippen LogP contribution in [0, 0.1) is 0 Å². The zero-order valence-corrected chi connectivity index (χ0v) is 11.9. The van der Waals surface area contributed by atoms with Gasteiger partial charge in [-0.2, -0.15) is 13.2 Å². The van der Waals surface area contributed by atoms with Gasteiger partial charge < -0.3 is 15.0 Å². The van der Waals surface area contributed by atoms with Gasteiger partial charge >= 0.3 is 12.1 Å². The summed E-state index contributed by atoms with van der Waals surface area (Å²) >= 11 is 5.46. The van der Waals surface area contributed by atoms with Crippen molar-refractivity contribution in [1.29, 1.82) is 0 Å². The fourth-order valence-electron chi connectivity index (χ4n) is 1.54. The number of nitrogens with one attached hydrogen (secondary N) is 1. The number of nitrogens with zero attached hydrogens (tertiary/aromatic N) is 1. The van der Waals surface area contributed by atoms with Crippen LogP contribution < -0.4 is 10.9 Å². The van der Waals surface area contributed by atoms with Gasteiger partial charge in [0.2, 0.25) is 5.91 Å². The molecular weight excluding hydrogens is 329 g/mol. The first-order valence-electron chi connectivity index (χ1n) is 6.07. The van der Waals surface area contributed by atoms with Crippen molar-refractivity contribution in [2.75, 3.05) is 6.54 Å². The summed E-state index contributed by atoms with van der Waals surface area (Å²) in [4.78, 5) is 33.3. The van der Waals surface area contributed by atoms with Crippen LogP contribution in [0.1, 0.15) is 18.4 Å². The van der Waals surface area contributed by atoms with Gasteiger partial charge in [0.15, 0.2) is 0 Å². The first-order chi connectivity index (χ1) is 10.1. The van der Waals surface area contributed by atoms with Crippen LogP contribution in [0.3, 0.4) is 0 Å². The number of aromatic nitrogens is 1. The molecule has 0 saturated carbocycles. The van der Waals surface area contributed by atoms with Crippen LogP contribution >= 0.6 is 11.6 Å². The van der Waals surface area contributed by atoms with Gasteiger partial charge in [-0.25, -0.2) is 0 Å². The quantitative estimate of drug-likeness (QED) is 0.821. The number of pyridine rings is 1. The highest BCUT2D eigenvalue weighted by atomic mass is 35.5. The van der Waals surface area contributed by atoms with Crippen LogP contribution in [0.25, 0.3) is 0 Å². The van der Waals surface area contributed by atoms with Gasteiger partial charge in [0.25, 0.3) is 5.56 Å². The maximum atomic E-state index is 12.6. The van der Waals surface area contributed by atoms with E-state index in [1.54, 1.807) is 0 Å². The molecule has 0 bridgehead atoms. The van der Waals surface area contributed by atoms with Crippen molar-refractivity contribution >= 4 is 23.5 Å². The zero-order chi connectivity index (χ0) is 16.9. The molecule has 1 heterocycles. The summed E-state index contributed by atoms with van der Waals surface area (Å²) < 4.78 is 38.5. The second-order valence-corrected chi connectivity index (χ2v) is 4.72. The Hall–Kier alpha value is -2.03. The van der Waals surface area contributed by atoms with Crippen molar-refractivity contribution < 1.29 is 27.9 Å². The van der Waals surface area contributed by atoms with Gasteiger partial charge in [0.1, 0.15) is 5.02 Å². The molecule has 0 spiro atoms. The van der Waals surface area contributed by atoms with E-state index in [4.69, 9.17) is 16.7 Å². The Balaban J connectivity index is 2.73. The highest BCUT2D eigenvalue weighted by Gasteiger charge is 2.32. The normalized spacial score (nSPS) is 11.3. The van der Waals surface area contributed by atoms with Gasteiger partial charge in [0.05, 0.1) is 12.0 Å². The SMILES string of the molecule is O=C(O)CCNC(=O)CCn1cc(C(F)(F)F)cc(Cl)c1=O. The van der Waals surface area contributed by atoms with E-state index < -0.39 is 34.2 Å². The summed E-state index contributed by atoms with van der Waals surface area (Å²) in [5, 5.41) is 10.1. The van der Waals surface area contributed by atoms with E-state index in [2.05, 4.69) is 5.32 Å². The molecule has 0 aromatic carbocycles. The van der Waals surface area contributed by atoms with Crippen LogP contribution in [-0.2, 0) is 22.3 Å². The maximum absolute atomic E-state index is 12.6. The molecule has 0 aliphatic carbocycles. The number of carbonyl (C=O) groups excluding carboxylic acids is 1. The van der Waals surface area contributed by atoms with Crippen molar-refractivity contribution in [3.63, 3.8) is 0 Å². The number of carbonyl (C=O) groups is 2. The zero-order valence-electron chi connectivity index (χ0n) is 11.1. The number of carboxylic acids is 1. The molecule has 6 nitrogen and oxygen atoms in total. The Kier molecular flexibility index (Phi) is 5.98. The number of aliphatic carboxylic acids is 1.